The van der Waals surface area contributed by atoms with Crippen molar-refractivity contribution in [3.63, 3.8) is 0 Å². The molecular formula is C15H21NO5S. The fourth-order valence-electron chi connectivity index (χ4n) is 2.50. The number of methoxy groups -OCH3 is 1. The Kier molecular flexibility index (Phi) is 4.89. The van der Waals surface area contributed by atoms with E-state index in [1.165, 1.54) is 11.4 Å². The number of sulfonamides is 1. The van der Waals surface area contributed by atoms with Gasteiger partial charge in [0.2, 0.25) is 10.0 Å². The number of benzene rings is 1. The Bertz CT molecular complexity index is 636. The summed E-state index contributed by atoms with van der Waals surface area (Å²) in [6.07, 6.45) is 0. The summed E-state index contributed by atoms with van der Waals surface area (Å²) in [7, 11) is -2.14. The van der Waals surface area contributed by atoms with E-state index in [1.807, 2.05) is 13.8 Å². The molecule has 2 rings (SSSR count). The van der Waals surface area contributed by atoms with Crippen molar-refractivity contribution in [2.75, 3.05) is 26.9 Å². The van der Waals surface area contributed by atoms with Gasteiger partial charge < -0.3 is 9.47 Å². The molecule has 6 nitrogen and oxygen atoms in total. The van der Waals surface area contributed by atoms with Crippen molar-refractivity contribution >= 4 is 16.0 Å². The maximum absolute atomic E-state index is 12.6. The number of morpholine rings is 1. The maximum atomic E-state index is 12.6. The highest BCUT2D eigenvalue weighted by atomic mass is 32.2. The van der Waals surface area contributed by atoms with Gasteiger partial charge in [0.05, 0.1) is 37.2 Å². The van der Waals surface area contributed by atoms with Gasteiger partial charge in [-0.2, -0.15) is 4.31 Å². The van der Waals surface area contributed by atoms with Crippen molar-refractivity contribution in [1.29, 1.82) is 0 Å². The second-order valence-electron chi connectivity index (χ2n) is 5.88. The standard InChI is InChI=1S/C15H21NO5S/c1-15(2)11-21-9-8-16(15)22(18,19)10-12-4-6-13(7-5-12)14(17)20-3/h4-7H,8-11H2,1-3H3. The fraction of sp³-hybridized carbons (Fsp3) is 0.533. The van der Waals surface area contributed by atoms with Crippen molar-refractivity contribution in [1.82, 2.24) is 4.31 Å². The first-order valence-electron chi connectivity index (χ1n) is 7.02. The summed E-state index contributed by atoms with van der Waals surface area (Å²) in [5.74, 6) is -0.540. The Balaban J connectivity index is 2.16. The molecule has 0 amide bonds. The van der Waals surface area contributed by atoms with Crippen molar-refractivity contribution in [2.24, 2.45) is 0 Å². The molecule has 0 bridgehead atoms. The van der Waals surface area contributed by atoms with E-state index in [4.69, 9.17) is 4.74 Å². The van der Waals surface area contributed by atoms with Crippen LogP contribution < -0.4 is 0 Å². The van der Waals surface area contributed by atoms with Crippen LogP contribution in [0, 0.1) is 0 Å². The fourth-order valence-corrected chi connectivity index (χ4v) is 4.43. The van der Waals surface area contributed by atoms with Gasteiger partial charge in [-0.1, -0.05) is 12.1 Å². The molecule has 0 unspecified atom stereocenters. The summed E-state index contributed by atoms with van der Waals surface area (Å²) in [6, 6.07) is 6.41. The molecule has 0 spiro atoms. The van der Waals surface area contributed by atoms with E-state index in [0.717, 1.165) is 0 Å². The van der Waals surface area contributed by atoms with Crippen LogP contribution in [-0.4, -0.2) is 51.1 Å². The zero-order valence-corrected chi connectivity index (χ0v) is 13.9. The number of nitrogens with zero attached hydrogens (tertiary/aromatic N) is 1. The maximum Gasteiger partial charge on any atom is 0.337 e. The number of ether oxygens (including phenoxy) is 2. The number of rotatable bonds is 4. The highest BCUT2D eigenvalue weighted by Gasteiger charge is 2.38. The Labute approximate surface area is 131 Å². The monoisotopic (exact) mass is 327 g/mol. The molecule has 1 heterocycles. The summed E-state index contributed by atoms with van der Waals surface area (Å²) in [5.41, 5.74) is 0.480. The van der Waals surface area contributed by atoms with E-state index in [2.05, 4.69) is 4.74 Å². The molecule has 1 aromatic rings. The third kappa shape index (κ3) is 3.66. The van der Waals surface area contributed by atoms with Crippen LogP contribution in [0.25, 0.3) is 0 Å². The molecule has 1 aliphatic heterocycles. The van der Waals surface area contributed by atoms with Gasteiger partial charge in [0.1, 0.15) is 0 Å². The lowest BCUT2D eigenvalue weighted by atomic mass is 10.1. The molecule has 0 aromatic heterocycles. The number of esters is 1. The Morgan fingerprint density at radius 3 is 2.50 bits per heavy atom. The molecule has 1 aromatic carbocycles. The molecule has 1 aliphatic rings. The summed E-state index contributed by atoms with van der Waals surface area (Å²) < 4.78 is 36.7. The first kappa shape index (κ1) is 16.9. The first-order valence-corrected chi connectivity index (χ1v) is 8.63. The van der Waals surface area contributed by atoms with Crippen LogP contribution in [-0.2, 0) is 25.2 Å². The quantitative estimate of drug-likeness (QED) is 0.782. The molecule has 0 saturated carbocycles. The summed E-state index contributed by atoms with van der Waals surface area (Å²) in [5, 5.41) is 0. The second kappa shape index (κ2) is 6.36. The van der Waals surface area contributed by atoms with Crippen LogP contribution in [0.3, 0.4) is 0 Å². The minimum Gasteiger partial charge on any atom is -0.465 e. The second-order valence-corrected chi connectivity index (χ2v) is 7.78. The molecule has 1 fully saturated rings. The zero-order valence-electron chi connectivity index (χ0n) is 13.0. The van der Waals surface area contributed by atoms with Gasteiger partial charge in [0, 0.05) is 6.54 Å². The average Bonchev–Trinajstić information content (AvgIpc) is 2.46. The number of carbonyl (C=O) groups excluding carboxylic acids is 1. The molecule has 0 N–H and O–H groups in total. The van der Waals surface area contributed by atoms with Gasteiger partial charge in [0.25, 0.3) is 0 Å². The number of hydrogen-bond donors (Lipinski definition) is 0. The third-order valence-electron chi connectivity index (χ3n) is 3.63. The van der Waals surface area contributed by atoms with Crippen LogP contribution in [0.5, 0.6) is 0 Å². The van der Waals surface area contributed by atoms with Crippen LogP contribution in [0.1, 0.15) is 29.8 Å². The topological polar surface area (TPSA) is 72.9 Å². The summed E-state index contributed by atoms with van der Waals surface area (Å²) in [4.78, 5) is 11.4. The van der Waals surface area contributed by atoms with Gasteiger partial charge in [-0.15, -0.1) is 0 Å². The summed E-state index contributed by atoms with van der Waals surface area (Å²) >= 11 is 0. The van der Waals surface area contributed by atoms with Gasteiger partial charge in [0.15, 0.2) is 0 Å². The Morgan fingerprint density at radius 2 is 1.95 bits per heavy atom. The molecule has 22 heavy (non-hydrogen) atoms. The van der Waals surface area contributed by atoms with E-state index in [0.29, 0.717) is 30.9 Å². The van der Waals surface area contributed by atoms with E-state index in [1.54, 1.807) is 24.3 Å². The number of hydrogen-bond acceptors (Lipinski definition) is 5. The lowest BCUT2D eigenvalue weighted by Gasteiger charge is -2.40. The van der Waals surface area contributed by atoms with E-state index in [-0.39, 0.29) is 5.75 Å². The first-order chi connectivity index (χ1) is 10.3. The SMILES string of the molecule is COC(=O)c1ccc(CS(=O)(=O)N2CCOCC2(C)C)cc1. The van der Waals surface area contributed by atoms with Crippen LogP contribution in [0.15, 0.2) is 24.3 Å². The van der Waals surface area contributed by atoms with Gasteiger partial charge in [-0.05, 0) is 31.5 Å². The van der Waals surface area contributed by atoms with Gasteiger partial charge in [-0.25, -0.2) is 13.2 Å². The predicted octanol–water partition coefficient (Wildman–Crippen LogP) is 1.41. The third-order valence-corrected chi connectivity index (χ3v) is 5.68. The average molecular weight is 327 g/mol. The van der Waals surface area contributed by atoms with E-state index in [9.17, 15) is 13.2 Å². The largest absolute Gasteiger partial charge is 0.465 e. The zero-order chi connectivity index (χ0) is 16.4. The highest BCUT2D eigenvalue weighted by molar-refractivity contribution is 7.88. The highest BCUT2D eigenvalue weighted by Crippen LogP contribution is 2.25. The lowest BCUT2D eigenvalue weighted by Crippen LogP contribution is -2.55. The molecule has 1 saturated heterocycles. The number of carbonyl (C=O) groups is 1. The van der Waals surface area contributed by atoms with Crippen LogP contribution in [0.4, 0.5) is 0 Å². The molecule has 0 aliphatic carbocycles. The van der Waals surface area contributed by atoms with Crippen molar-refractivity contribution in [2.45, 2.75) is 25.1 Å². The lowest BCUT2D eigenvalue weighted by molar-refractivity contribution is -0.00777. The van der Waals surface area contributed by atoms with Crippen molar-refractivity contribution < 1.29 is 22.7 Å². The molecule has 0 atom stereocenters. The Morgan fingerprint density at radius 1 is 1.32 bits per heavy atom. The van der Waals surface area contributed by atoms with Gasteiger partial charge in [-0.3, -0.25) is 0 Å². The smallest absolute Gasteiger partial charge is 0.337 e. The molecule has 122 valence electrons. The van der Waals surface area contributed by atoms with Crippen molar-refractivity contribution in [3.05, 3.63) is 35.4 Å². The molecular weight excluding hydrogens is 306 g/mol. The molecule has 0 radical (unpaired) electrons. The van der Waals surface area contributed by atoms with Crippen LogP contribution >= 0.6 is 0 Å². The van der Waals surface area contributed by atoms with Gasteiger partial charge >= 0.3 is 5.97 Å². The predicted molar refractivity (Wildman–Crippen MR) is 82.0 cm³/mol. The Hall–Kier alpha value is -1.44. The normalized spacial score (nSPS) is 18.9. The van der Waals surface area contributed by atoms with Crippen molar-refractivity contribution in [3.8, 4) is 0 Å². The van der Waals surface area contributed by atoms with Crippen LogP contribution in [0.2, 0.25) is 0 Å². The minimum absolute atomic E-state index is 0.0993. The minimum atomic E-state index is -3.45. The summed E-state index contributed by atoms with van der Waals surface area (Å²) in [6.45, 7) is 4.85. The van der Waals surface area contributed by atoms with E-state index >= 15 is 0 Å². The molecule has 7 heteroatoms. The van der Waals surface area contributed by atoms with E-state index < -0.39 is 21.5 Å².